The highest BCUT2D eigenvalue weighted by molar-refractivity contribution is 7.88. The number of fused-ring (bicyclic) bond motifs is 1. The molecule has 25 heavy (non-hydrogen) atoms. The summed E-state index contributed by atoms with van der Waals surface area (Å²) in [5, 5.41) is 11.7. The van der Waals surface area contributed by atoms with Crippen LogP contribution < -0.4 is 10.0 Å². The third-order valence-corrected chi connectivity index (χ3v) is 4.64. The second-order valence-electron chi connectivity index (χ2n) is 6.45. The third-order valence-electron chi connectivity index (χ3n) is 3.96. The Bertz CT molecular complexity index is 814. The quantitative estimate of drug-likeness (QED) is 0.668. The summed E-state index contributed by atoms with van der Waals surface area (Å²) >= 11 is 0. The average Bonchev–Trinajstić information content (AvgIpc) is 2.86. The van der Waals surface area contributed by atoms with Crippen molar-refractivity contribution in [2.75, 3.05) is 6.26 Å². The molecule has 2 atom stereocenters. The van der Waals surface area contributed by atoms with Gasteiger partial charge in [0.15, 0.2) is 0 Å². The number of sulfonamides is 1. The highest BCUT2D eigenvalue weighted by atomic mass is 32.2. The number of rotatable bonds is 7. The van der Waals surface area contributed by atoms with Gasteiger partial charge in [-0.2, -0.15) is 0 Å². The molecule has 1 unspecified atom stereocenters. The zero-order valence-electron chi connectivity index (χ0n) is 14.3. The Labute approximate surface area is 147 Å². The van der Waals surface area contributed by atoms with Crippen LogP contribution in [0.4, 0.5) is 0 Å². The number of aliphatic carboxylic acids is 1. The van der Waals surface area contributed by atoms with Crippen molar-refractivity contribution in [2.45, 2.75) is 32.4 Å². The first kappa shape index (κ1) is 19.1. The second-order valence-corrected chi connectivity index (χ2v) is 8.23. The summed E-state index contributed by atoms with van der Waals surface area (Å²) in [4.78, 5) is 23.4. The molecule has 8 heteroatoms. The molecule has 0 bridgehead atoms. The summed E-state index contributed by atoms with van der Waals surface area (Å²) in [7, 11) is -3.37. The van der Waals surface area contributed by atoms with Crippen LogP contribution in [0.3, 0.4) is 0 Å². The Morgan fingerprint density at radius 3 is 2.52 bits per heavy atom. The molecule has 0 spiro atoms. The predicted octanol–water partition coefficient (Wildman–Crippen LogP) is 1.07. The molecule has 0 heterocycles. The summed E-state index contributed by atoms with van der Waals surface area (Å²) in [5.41, 5.74) is 2.28. The zero-order valence-corrected chi connectivity index (χ0v) is 15.1. The maximum Gasteiger partial charge on any atom is 0.326 e. The van der Waals surface area contributed by atoms with E-state index >= 15 is 0 Å². The standard InChI is InChI=1S/C17H22N2O5S/c1-10(2)16(17(21)22)18-15(20)9-11-5-4-6-13-12(11)7-8-14(13)19-25(3,23)24/h4-8,10,14,16,19H,9H2,1-3H3,(H,18,20)(H,21,22)/t14?,16-/m1/s1. The molecule has 0 saturated heterocycles. The molecule has 136 valence electrons. The fourth-order valence-electron chi connectivity index (χ4n) is 2.80. The van der Waals surface area contributed by atoms with Crippen LogP contribution >= 0.6 is 0 Å². The lowest BCUT2D eigenvalue weighted by Gasteiger charge is -2.18. The summed E-state index contributed by atoms with van der Waals surface area (Å²) < 4.78 is 25.4. The van der Waals surface area contributed by atoms with Gasteiger partial charge < -0.3 is 10.4 Å². The Balaban J connectivity index is 2.16. The SMILES string of the molecule is CC(C)[C@@H](NC(=O)Cc1cccc2c1C=CC2NS(C)(=O)=O)C(=O)O. The number of carboxylic acids is 1. The number of hydrogen-bond donors (Lipinski definition) is 3. The Kier molecular flexibility index (Phi) is 5.64. The van der Waals surface area contributed by atoms with Gasteiger partial charge in [0.05, 0.1) is 18.7 Å². The lowest BCUT2D eigenvalue weighted by molar-refractivity contribution is -0.143. The van der Waals surface area contributed by atoms with E-state index in [9.17, 15) is 18.0 Å². The molecule has 1 aromatic rings. The molecule has 7 nitrogen and oxygen atoms in total. The fourth-order valence-corrected chi connectivity index (χ4v) is 3.47. The van der Waals surface area contributed by atoms with Crippen LogP contribution in [0.2, 0.25) is 0 Å². The second kappa shape index (κ2) is 7.37. The molecule has 0 aromatic heterocycles. The molecular formula is C17H22N2O5S. The highest BCUT2D eigenvalue weighted by Gasteiger charge is 2.25. The van der Waals surface area contributed by atoms with E-state index in [-0.39, 0.29) is 18.2 Å². The van der Waals surface area contributed by atoms with Gasteiger partial charge >= 0.3 is 5.97 Å². The first-order valence-corrected chi connectivity index (χ1v) is 9.77. The first-order valence-electron chi connectivity index (χ1n) is 7.88. The molecule has 2 rings (SSSR count). The smallest absolute Gasteiger partial charge is 0.326 e. The topological polar surface area (TPSA) is 113 Å². The zero-order chi connectivity index (χ0) is 18.8. The molecule has 0 saturated carbocycles. The Morgan fingerprint density at radius 1 is 1.28 bits per heavy atom. The van der Waals surface area contributed by atoms with E-state index in [1.807, 2.05) is 0 Å². The molecule has 1 aromatic carbocycles. The van der Waals surface area contributed by atoms with Gasteiger partial charge in [-0.25, -0.2) is 17.9 Å². The van der Waals surface area contributed by atoms with Gasteiger partial charge in [-0.15, -0.1) is 0 Å². The minimum Gasteiger partial charge on any atom is -0.480 e. The summed E-state index contributed by atoms with van der Waals surface area (Å²) in [6.07, 6.45) is 4.61. The van der Waals surface area contributed by atoms with Gasteiger partial charge in [0.25, 0.3) is 0 Å². The van der Waals surface area contributed by atoms with Gasteiger partial charge in [-0.3, -0.25) is 4.79 Å². The number of amides is 1. The van der Waals surface area contributed by atoms with Gasteiger partial charge in [0, 0.05) is 0 Å². The molecule has 0 aliphatic heterocycles. The van der Waals surface area contributed by atoms with Gasteiger partial charge in [-0.1, -0.05) is 44.2 Å². The number of nitrogens with one attached hydrogen (secondary N) is 2. The van der Waals surface area contributed by atoms with Crippen LogP contribution in [0.25, 0.3) is 6.08 Å². The molecule has 1 aliphatic carbocycles. The molecule has 3 N–H and O–H groups in total. The van der Waals surface area contributed by atoms with Crippen LogP contribution in [-0.2, 0) is 26.0 Å². The van der Waals surface area contributed by atoms with E-state index in [1.54, 1.807) is 44.2 Å². The van der Waals surface area contributed by atoms with Crippen LogP contribution in [0.5, 0.6) is 0 Å². The Hall–Kier alpha value is -2.19. The summed E-state index contributed by atoms with van der Waals surface area (Å²) in [5.74, 6) is -1.69. The van der Waals surface area contributed by atoms with Gasteiger partial charge in [0.1, 0.15) is 6.04 Å². The van der Waals surface area contributed by atoms with E-state index in [1.165, 1.54) is 0 Å². The van der Waals surface area contributed by atoms with Crippen molar-refractivity contribution in [3.05, 3.63) is 41.0 Å². The maximum absolute atomic E-state index is 12.2. The van der Waals surface area contributed by atoms with Crippen LogP contribution in [0.15, 0.2) is 24.3 Å². The van der Waals surface area contributed by atoms with E-state index in [4.69, 9.17) is 5.11 Å². The first-order chi connectivity index (χ1) is 11.6. The van der Waals surface area contributed by atoms with Crippen LogP contribution in [0, 0.1) is 5.92 Å². The molecule has 0 radical (unpaired) electrons. The van der Waals surface area contributed by atoms with Crippen molar-refractivity contribution < 1.29 is 23.1 Å². The monoisotopic (exact) mass is 366 g/mol. The Morgan fingerprint density at radius 2 is 1.96 bits per heavy atom. The van der Waals surface area contributed by atoms with E-state index < -0.39 is 28.1 Å². The lowest BCUT2D eigenvalue weighted by atomic mass is 9.98. The van der Waals surface area contributed by atoms with E-state index in [0.717, 1.165) is 22.9 Å². The molecule has 0 fully saturated rings. The lowest BCUT2D eigenvalue weighted by Crippen LogP contribution is -2.44. The van der Waals surface area contributed by atoms with Crippen molar-refractivity contribution in [3.63, 3.8) is 0 Å². The van der Waals surface area contributed by atoms with E-state index in [2.05, 4.69) is 10.0 Å². The maximum atomic E-state index is 12.2. The number of benzene rings is 1. The molecule has 1 aliphatic rings. The summed E-state index contributed by atoms with van der Waals surface area (Å²) in [6.45, 7) is 3.45. The van der Waals surface area contributed by atoms with Crippen LogP contribution in [0.1, 0.15) is 36.6 Å². The van der Waals surface area contributed by atoms with Gasteiger partial charge in [0.2, 0.25) is 15.9 Å². The van der Waals surface area contributed by atoms with Crippen molar-refractivity contribution in [2.24, 2.45) is 5.92 Å². The fraction of sp³-hybridized carbons (Fsp3) is 0.412. The summed E-state index contributed by atoms with van der Waals surface area (Å²) in [6, 6.07) is 3.92. The largest absolute Gasteiger partial charge is 0.480 e. The van der Waals surface area contributed by atoms with Gasteiger partial charge in [-0.05, 0) is 22.6 Å². The van der Waals surface area contributed by atoms with E-state index in [0.29, 0.717) is 0 Å². The van der Waals surface area contributed by atoms with Crippen molar-refractivity contribution in [1.29, 1.82) is 0 Å². The average molecular weight is 366 g/mol. The highest BCUT2D eigenvalue weighted by Crippen LogP contribution is 2.31. The van der Waals surface area contributed by atoms with Crippen LogP contribution in [-0.4, -0.2) is 37.7 Å². The molecular weight excluding hydrogens is 344 g/mol. The van der Waals surface area contributed by atoms with Crippen molar-refractivity contribution >= 4 is 28.0 Å². The predicted molar refractivity (Wildman–Crippen MR) is 94.3 cm³/mol. The minimum atomic E-state index is -3.37. The number of carboxylic acid groups (broad SMARTS) is 1. The molecule has 1 amide bonds. The number of hydrogen-bond acceptors (Lipinski definition) is 4. The van der Waals surface area contributed by atoms with Crippen molar-refractivity contribution in [1.82, 2.24) is 10.0 Å². The normalized spacial score (nSPS) is 17.4. The minimum absolute atomic E-state index is 0.0234. The third kappa shape index (κ3) is 4.90. The number of carbonyl (C=O) groups is 2. The number of carbonyl (C=O) groups excluding carboxylic acids is 1. The van der Waals surface area contributed by atoms with Crippen molar-refractivity contribution in [3.8, 4) is 0 Å².